The van der Waals surface area contributed by atoms with Gasteiger partial charge in [-0.2, -0.15) is 5.10 Å². The molecule has 1 saturated carbocycles. The van der Waals surface area contributed by atoms with Crippen LogP contribution in [0.25, 0.3) is 0 Å². The summed E-state index contributed by atoms with van der Waals surface area (Å²) in [5, 5.41) is 17.9. The van der Waals surface area contributed by atoms with Gasteiger partial charge in [-0.1, -0.05) is 17.7 Å². The van der Waals surface area contributed by atoms with Crippen LogP contribution >= 0.6 is 0 Å². The first-order chi connectivity index (χ1) is 14.1. The standard InChI is InChI=1S/C23H28FN3O2/c24-20-4-2-1-3-18(20)14-5-9-19(22(28)12-14)23(29)27(16-6-7-16)17-8-10-21-15(11-17)13-25-26-21/h2,4,12-13,16-18,20,28H,1,3,5-11H2,(H,25,26). The number of nitrogens with zero attached hydrogens (tertiary/aromatic N) is 2. The second-order valence-electron chi connectivity index (χ2n) is 8.85. The van der Waals surface area contributed by atoms with Crippen LogP contribution in [0.5, 0.6) is 0 Å². The highest BCUT2D eigenvalue weighted by molar-refractivity contribution is 5.95. The molecule has 2 N–H and O–H groups in total. The van der Waals surface area contributed by atoms with Crippen LogP contribution in [-0.2, 0) is 17.6 Å². The minimum absolute atomic E-state index is 0.0300. The summed E-state index contributed by atoms with van der Waals surface area (Å²) in [5.74, 6) is -0.155. The summed E-state index contributed by atoms with van der Waals surface area (Å²) in [6, 6.07) is 0.440. The molecule has 0 bridgehead atoms. The molecule has 4 aliphatic rings. The summed E-state index contributed by atoms with van der Waals surface area (Å²) >= 11 is 0. The van der Waals surface area contributed by atoms with Crippen molar-refractivity contribution in [3.05, 3.63) is 52.6 Å². The number of alkyl halides is 1. The van der Waals surface area contributed by atoms with Crippen LogP contribution in [0.4, 0.5) is 4.39 Å². The summed E-state index contributed by atoms with van der Waals surface area (Å²) < 4.78 is 14.3. The van der Waals surface area contributed by atoms with Crippen molar-refractivity contribution in [3.63, 3.8) is 0 Å². The predicted molar refractivity (Wildman–Crippen MR) is 108 cm³/mol. The molecule has 1 aromatic rings. The van der Waals surface area contributed by atoms with Crippen molar-refractivity contribution in [2.24, 2.45) is 5.92 Å². The van der Waals surface area contributed by atoms with Crippen molar-refractivity contribution in [2.45, 2.75) is 76.0 Å². The van der Waals surface area contributed by atoms with Gasteiger partial charge in [0.2, 0.25) is 0 Å². The van der Waals surface area contributed by atoms with Gasteiger partial charge in [0.1, 0.15) is 11.9 Å². The average Bonchev–Trinajstić information content (AvgIpc) is 3.44. The lowest BCUT2D eigenvalue weighted by atomic mass is 9.80. The molecule has 6 heteroatoms. The molecule has 1 fully saturated rings. The van der Waals surface area contributed by atoms with E-state index in [1.54, 1.807) is 12.2 Å². The van der Waals surface area contributed by atoms with Gasteiger partial charge in [0.05, 0.1) is 11.8 Å². The minimum atomic E-state index is -0.991. The van der Waals surface area contributed by atoms with Crippen LogP contribution < -0.4 is 0 Å². The van der Waals surface area contributed by atoms with Gasteiger partial charge in [0.15, 0.2) is 0 Å². The predicted octanol–water partition coefficient (Wildman–Crippen LogP) is 4.09. The van der Waals surface area contributed by atoms with E-state index < -0.39 is 6.17 Å². The number of aliphatic hydroxyl groups excluding tert-OH is 1. The maximum atomic E-state index is 14.3. The number of rotatable bonds is 4. The Balaban J connectivity index is 1.37. The number of aromatic amines is 1. The second kappa shape index (κ2) is 7.47. The molecule has 5 rings (SSSR count). The van der Waals surface area contributed by atoms with Gasteiger partial charge in [0.25, 0.3) is 5.91 Å². The van der Waals surface area contributed by atoms with Crippen LogP contribution in [0, 0.1) is 5.92 Å². The van der Waals surface area contributed by atoms with E-state index in [1.807, 2.05) is 17.2 Å². The van der Waals surface area contributed by atoms with Gasteiger partial charge in [-0.3, -0.25) is 9.89 Å². The van der Waals surface area contributed by atoms with E-state index in [0.717, 1.165) is 50.5 Å². The molecule has 0 radical (unpaired) electrons. The number of carbonyl (C=O) groups is 1. The quantitative estimate of drug-likeness (QED) is 0.752. The van der Waals surface area contributed by atoms with E-state index in [-0.39, 0.29) is 29.7 Å². The van der Waals surface area contributed by atoms with E-state index in [1.165, 1.54) is 11.3 Å². The van der Waals surface area contributed by atoms with Gasteiger partial charge in [-0.05, 0) is 69.4 Å². The smallest absolute Gasteiger partial charge is 0.254 e. The number of halogens is 1. The molecule has 154 valence electrons. The zero-order valence-electron chi connectivity index (χ0n) is 16.6. The Kier molecular flexibility index (Phi) is 4.80. The number of aryl methyl sites for hydroxylation is 1. The number of aliphatic hydroxyl groups is 1. The molecule has 3 unspecified atom stereocenters. The zero-order valence-corrected chi connectivity index (χ0v) is 16.6. The number of allylic oxidation sites excluding steroid dienone is 4. The van der Waals surface area contributed by atoms with Gasteiger partial charge in [0, 0.05) is 23.7 Å². The summed E-state index contributed by atoms with van der Waals surface area (Å²) in [7, 11) is 0. The first-order valence-corrected chi connectivity index (χ1v) is 10.9. The summed E-state index contributed by atoms with van der Waals surface area (Å²) in [6.07, 6.45) is 13.6. The lowest BCUT2D eigenvalue weighted by Crippen LogP contribution is -2.45. The molecule has 29 heavy (non-hydrogen) atoms. The van der Waals surface area contributed by atoms with E-state index in [2.05, 4.69) is 10.2 Å². The van der Waals surface area contributed by atoms with Gasteiger partial charge in [-0.25, -0.2) is 4.39 Å². The number of amides is 1. The summed E-state index contributed by atoms with van der Waals surface area (Å²) in [5.41, 5.74) is 3.82. The van der Waals surface area contributed by atoms with Crippen molar-refractivity contribution >= 4 is 5.91 Å². The third-order valence-corrected chi connectivity index (χ3v) is 6.94. The number of hydrogen-bond acceptors (Lipinski definition) is 3. The van der Waals surface area contributed by atoms with Crippen LogP contribution in [0.1, 0.15) is 56.2 Å². The number of aromatic nitrogens is 2. The Morgan fingerprint density at radius 3 is 2.79 bits per heavy atom. The molecule has 4 aliphatic carbocycles. The SMILES string of the molecule is O=C(C1=C(O)C=C(C2CCC=CC2F)CC1)N(C1CC1)C1CCc2[nH]ncc2C1. The first-order valence-electron chi connectivity index (χ1n) is 10.9. The Morgan fingerprint density at radius 1 is 1.17 bits per heavy atom. The zero-order chi connectivity index (χ0) is 20.0. The van der Waals surface area contributed by atoms with E-state index in [0.29, 0.717) is 18.4 Å². The molecule has 1 heterocycles. The highest BCUT2D eigenvalue weighted by atomic mass is 19.1. The largest absolute Gasteiger partial charge is 0.507 e. The average molecular weight is 397 g/mol. The fraction of sp³-hybridized carbons (Fsp3) is 0.565. The molecule has 0 spiro atoms. The summed E-state index contributed by atoms with van der Waals surface area (Å²) in [4.78, 5) is 15.5. The fourth-order valence-corrected chi connectivity index (χ4v) is 5.20. The van der Waals surface area contributed by atoms with Crippen LogP contribution in [-0.4, -0.2) is 44.4 Å². The van der Waals surface area contributed by atoms with Gasteiger partial charge in [-0.15, -0.1) is 0 Å². The topological polar surface area (TPSA) is 69.2 Å². The Morgan fingerprint density at radius 2 is 2.03 bits per heavy atom. The molecule has 0 aliphatic heterocycles. The van der Waals surface area contributed by atoms with Gasteiger partial charge >= 0.3 is 0 Å². The number of nitrogens with one attached hydrogen (secondary N) is 1. The number of H-pyrrole nitrogens is 1. The molecule has 5 nitrogen and oxygen atoms in total. The Bertz CT molecular complexity index is 896. The Labute approximate surface area is 170 Å². The minimum Gasteiger partial charge on any atom is -0.507 e. The van der Waals surface area contributed by atoms with Crippen LogP contribution in [0.2, 0.25) is 0 Å². The first kappa shape index (κ1) is 18.6. The van der Waals surface area contributed by atoms with Crippen molar-refractivity contribution in [1.82, 2.24) is 15.1 Å². The maximum absolute atomic E-state index is 14.3. The lowest BCUT2D eigenvalue weighted by Gasteiger charge is -2.36. The van der Waals surface area contributed by atoms with Crippen molar-refractivity contribution < 1.29 is 14.3 Å². The normalized spacial score (nSPS) is 29.4. The van der Waals surface area contributed by atoms with Crippen molar-refractivity contribution in [1.29, 1.82) is 0 Å². The molecule has 3 atom stereocenters. The number of carbonyl (C=O) groups excluding carboxylic acids is 1. The van der Waals surface area contributed by atoms with Gasteiger partial charge < -0.3 is 10.0 Å². The van der Waals surface area contributed by atoms with E-state index in [4.69, 9.17) is 0 Å². The molecule has 1 aromatic heterocycles. The fourth-order valence-electron chi connectivity index (χ4n) is 5.20. The molecule has 0 saturated heterocycles. The molecule has 0 aromatic carbocycles. The van der Waals surface area contributed by atoms with Crippen molar-refractivity contribution in [2.75, 3.05) is 0 Å². The monoisotopic (exact) mass is 397 g/mol. The summed E-state index contributed by atoms with van der Waals surface area (Å²) in [6.45, 7) is 0. The highest BCUT2D eigenvalue weighted by Gasteiger charge is 2.41. The van der Waals surface area contributed by atoms with E-state index in [9.17, 15) is 14.3 Å². The van der Waals surface area contributed by atoms with Crippen LogP contribution in [0.15, 0.2) is 41.3 Å². The third-order valence-electron chi connectivity index (χ3n) is 6.94. The second-order valence-corrected chi connectivity index (χ2v) is 8.85. The molecular weight excluding hydrogens is 369 g/mol. The number of fused-ring (bicyclic) bond motifs is 1. The molecule has 1 amide bonds. The Hall–Kier alpha value is -2.37. The maximum Gasteiger partial charge on any atom is 0.254 e. The van der Waals surface area contributed by atoms with Crippen molar-refractivity contribution in [3.8, 4) is 0 Å². The lowest BCUT2D eigenvalue weighted by molar-refractivity contribution is -0.130. The number of hydrogen-bond donors (Lipinski definition) is 2. The highest BCUT2D eigenvalue weighted by Crippen LogP contribution is 2.39. The molecular formula is C23H28FN3O2. The van der Waals surface area contributed by atoms with E-state index >= 15 is 0 Å². The third kappa shape index (κ3) is 3.53. The van der Waals surface area contributed by atoms with Crippen LogP contribution in [0.3, 0.4) is 0 Å².